The molecule has 0 aliphatic carbocycles. The van der Waals surface area contributed by atoms with Gasteiger partial charge in [0.15, 0.2) is 12.4 Å². The van der Waals surface area contributed by atoms with Gasteiger partial charge in [0.2, 0.25) is 0 Å². The standard InChI is InChI=1S/C42H37NO8S/c44-39-33-23-13-14-24-34(33)40(45)43(39)36-38(47-26-30-17-7-2-8-18-30)37(51-42(52)49-32-21-11-4-12-22-32)35(28-46-25-29-15-5-1-6-16-29)50-41(36)48-27-31-19-9-3-10-20-31/h1-24,35-38,41H,25-28H2/t35?,36?,37-,38+,41-/m1/s1. The highest BCUT2D eigenvalue weighted by Crippen LogP contribution is 2.36. The third-order valence-corrected chi connectivity index (χ3v) is 9.03. The average molecular weight is 716 g/mol. The first-order valence-corrected chi connectivity index (χ1v) is 17.4. The summed E-state index contributed by atoms with van der Waals surface area (Å²) < 4.78 is 38.5. The smallest absolute Gasteiger partial charge is 0.358 e. The molecule has 5 atom stereocenters. The lowest BCUT2D eigenvalue weighted by atomic mass is 9.94. The van der Waals surface area contributed by atoms with E-state index in [1.807, 2.05) is 109 Å². The molecule has 5 aromatic carbocycles. The number of hydrogen-bond donors (Lipinski definition) is 0. The molecule has 2 unspecified atom stereocenters. The Balaban J connectivity index is 1.27. The second-order valence-electron chi connectivity index (χ2n) is 12.4. The normalized spacial score (nSPS) is 21.1. The first-order valence-electron chi connectivity index (χ1n) is 17.0. The number of fused-ring (bicyclic) bond motifs is 1. The van der Waals surface area contributed by atoms with Crippen molar-refractivity contribution >= 4 is 29.3 Å². The molecule has 5 aromatic rings. The molecule has 0 saturated carbocycles. The van der Waals surface area contributed by atoms with Crippen LogP contribution < -0.4 is 4.74 Å². The van der Waals surface area contributed by atoms with Crippen LogP contribution in [0.2, 0.25) is 0 Å². The summed E-state index contributed by atoms with van der Waals surface area (Å²) in [5.41, 5.74) is 3.28. The topological polar surface area (TPSA) is 92.8 Å². The third kappa shape index (κ3) is 8.28. The maximum Gasteiger partial charge on any atom is 0.358 e. The van der Waals surface area contributed by atoms with Crippen molar-refractivity contribution in [2.45, 2.75) is 50.5 Å². The second-order valence-corrected chi connectivity index (χ2v) is 12.7. The fourth-order valence-corrected chi connectivity index (χ4v) is 6.56. The van der Waals surface area contributed by atoms with Gasteiger partial charge in [-0.05, 0) is 41.0 Å². The molecule has 10 heteroatoms. The third-order valence-electron chi connectivity index (χ3n) is 8.85. The molecular formula is C42H37NO8S. The molecule has 1 saturated heterocycles. The van der Waals surface area contributed by atoms with E-state index < -0.39 is 42.5 Å². The van der Waals surface area contributed by atoms with Gasteiger partial charge in [0.25, 0.3) is 11.8 Å². The number of imide groups is 1. The molecule has 0 radical (unpaired) electrons. The average Bonchev–Trinajstić information content (AvgIpc) is 3.44. The first-order chi connectivity index (χ1) is 25.5. The molecule has 0 spiro atoms. The number of thiocarbonyl (C=S) groups is 1. The van der Waals surface area contributed by atoms with Crippen LogP contribution >= 0.6 is 12.2 Å². The van der Waals surface area contributed by atoms with Crippen LogP contribution in [-0.2, 0) is 43.5 Å². The number of ether oxygens (including phenoxy) is 6. The molecule has 264 valence electrons. The van der Waals surface area contributed by atoms with Gasteiger partial charge in [0.1, 0.15) is 24.0 Å². The van der Waals surface area contributed by atoms with Gasteiger partial charge in [0, 0.05) is 12.2 Å². The summed E-state index contributed by atoms with van der Waals surface area (Å²) >= 11 is 5.64. The van der Waals surface area contributed by atoms with Gasteiger partial charge in [-0.25, -0.2) is 0 Å². The summed E-state index contributed by atoms with van der Waals surface area (Å²) in [4.78, 5) is 29.5. The minimum absolute atomic E-state index is 0.0404. The van der Waals surface area contributed by atoms with Crippen molar-refractivity contribution in [2.75, 3.05) is 6.61 Å². The molecule has 0 bridgehead atoms. The summed E-state index contributed by atoms with van der Waals surface area (Å²) in [6.45, 7) is 0.597. The summed E-state index contributed by atoms with van der Waals surface area (Å²) in [7, 11) is 0. The lowest BCUT2D eigenvalue weighted by molar-refractivity contribution is -0.291. The molecule has 7 rings (SSSR count). The second kappa shape index (κ2) is 16.9. The van der Waals surface area contributed by atoms with Crippen LogP contribution in [0, 0.1) is 0 Å². The van der Waals surface area contributed by atoms with Gasteiger partial charge in [-0.3, -0.25) is 14.5 Å². The zero-order chi connectivity index (χ0) is 35.7. The number of amides is 2. The Kier molecular flexibility index (Phi) is 11.4. The highest BCUT2D eigenvalue weighted by molar-refractivity contribution is 7.79. The molecular weight excluding hydrogens is 679 g/mol. The van der Waals surface area contributed by atoms with E-state index in [1.54, 1.807) is 36.4 Å². The van der Waals surface area contributed by atoms with E-state index in [4.69, 9.17) is 40.6 Å². The molecule has 52 heavy (non-hydrogen) atoms. The first kappa shape index (κ1) is 35.2. The largest absolute Gasteiger partial charge is 0.448 e. The van der Waals surface area contributed by atoms with Crippen LogP contribution in [0.3, 0.4) is 0 Å². The summed E-state index contributed by atoms with van der Waals surface area (Å²) in [5.74, 6) is -0.503. The zero-order valence-corrected chi connectivity index (χ0v) is 29.0. The van der Waals surface area contributed by atoms with Crippen molar-refractivity contribution in [3.63, 3.8) is 0 Å². The molecule has 0 N–H and O–H groups in total. The number of para-hydroxylation sites is 1. The molecule has 2 amide bonds. The fraction of sp³-hybridized carbons (Fsp3) is 0.214. The van der Waals surface area contributed by atoms with Crippen molar-refractivity contribution in [3.05, 3.63) is 173 Å². The minimum Gasteiger partial charge on any atom is -0.448 e. The molecule has 2 heterocycles. The summed E-state index contributed by atoms with van der Waals surface area (Å²) in [6, 6.07) is 43.6. The van der Waals surface area contributed by atoms with Crippen molar-refractivity contribution in [1.29, 1.82) is 0 Å². The monoisotopic (exact) mass is 715 g/mol. The molecule has 1 fully saturated rings. The Bertz CT molecular complexity index is 1910. The number of hydrogen-bond acceptors (Lipinski definition) is 9. The Morgan fingerprint density at radius 1 is 0.596 bits per heavy atom. The number of carbonyl (C=O) groups is 2. The van der Waals surface area contributed by atoms with Crippen LogP contribution in [0.15, 0.2) is 146 Å². The van der Waals surface area contributed by atoms with Gasteiger partial charge in [0.05, 0.1) is 37.6 Å². The van der Waals surface area contributed by atoms with E-state index in [0.717, 1.165) is 16.7 Å². The molecule has 2 aliphatic rings. The van der Waals surface area contributed by atoms with Gasteiger partial charge >= 0.3 is 5.24 Å². The quantitative estimate of drug-likeness (QED) is 0.0932. The van der Waals surface area contributed by atoms with Gasteiger partial charge in [-0.15, -0.1) is 0 Å². The molecule has 0 aromatic heterocycles. The van der Waals surface area contributed by atoms with Gasteiger partial charge in [-0.1, -0.05) is 121 Å². The van der Waals surface area contributed by atoms with E-state index in [0.29, 0.717) is 12.4 Å². The van der Waals surface area contributed by atoms with Crippen LogP contribution in [0.4, 0.5) is 0 Å². The van der Waals surface area contributed by atoms with Crippen molar-refractivity contribution < 1.29 is 38.0 Å². The van der Waals surface area contributed by atoms with E-state index in [2.05, 4.69) is 0 Å². The van der Waals surface area contributed by atoms with E-state index in [1.165, 1.54) is 4.90 Å². The Morgan fingerprint density at radius 2 is 1.08 bits per heavy atom. The van der Waals surface area contributed by atoms with E-state index in [9.17, 15) is 9.59 Å². The number of nitrogens with zero attached hydrogens (tertiary/aromatic N) is 1. The van der Waals surface area contributed by atoms with Crippen molar-refractivity contribution in [1.82, 2.24) is 4.90 Å². The minimum atomic E-state index is -1.14. The van der Waals surface area contributed by atoms with E-state index in [-0.39, 0.29) is 36.2 Å². The Labute approximate surface area is 307 Å². The predicted molar refractivity (Wildman–Crippen MR) is 196 cm³/mol. The highest BCUT2D eigenvalue weighted by atomic mass is 32.1. The van der Waals surface area contributed by atoms with Crippen LogP contribution in [0.1, 0.15) is 37.4 Å². The predicted octanol–water partition coefficient (Wildman–Crippen LogP) is 7.14. The summed E-state index contributed by atoms with van der Waals surface area (Å²) in [6.07, 6.45) is -4.01. The molecule has 9 nitrogen and oxygen atoms in total. The lowest BCUT2D eigenvalue weighted by Crippen LogP contribution is -2.67. The SMILES string of the molecule is O=C1c2ccccc2C(=O)N1C1[C@H](OCc2ccccc2)OC(COCc2ccccc2)[C@@H](OC(=S)Oc2ccccc2)[C@H]1OCc1ccccc1. The van der Waals surface area contributed by atoms with Crippen LogP contribution in [-0.4, -0.2) is 59.2 Å². The van der Waals surface area contributed by atoms with E-state index >= 15 is 0 Å². The number of benzene rings is 5. The Hall–Kier alpha value is -5.23. The fourth-order valence-electron chi connectivity index (χ4n) is 6.35. The number of rotatable bonds is 13. The molecule has 2 aliphatic heterocycles. The Morgan fingerprint density at radius 3 is 1.63 bits per heavy atom. The maximum absolute atomic E-state index is 14.1. The van der Waals surface area contributed by atoms with Crippen molar-refractivity contribution in [3.8, 4) is 5.75 Å². The van der Waals surface area contributed by atoms with Crippen molar-refractivity contribution in [2.24, 2.45) is 0 Å². The lowest BCUT2D eigenvalue weighted by Gasteiger charge is -2.47. The highest BCUT2D eigenvalue weighted by Gasteiger charge is 2.56. The van der Waals surface area contributed by atoms with Crippen LogP contribution in [0.5, 0.6) is 5.75 Å². The van der Waals surface area contributed by atoms with Crippen LogP contribution in [0.25, 0.3) is 0 Å². The maximum atomic E-state index is 14.1. The zero-order valence-electron chi connectivity index (χ0n) is 28.2. The van der Waals surface area contributed by atoms with Gasteiger partial charge in [-0.2, -0.15) is 0 Å². The number of carbonyl (C=O) groups excluding carboxylic acids is 2. The van der Waals surface area contributed by atoms with Gasteiger partial charge < -0.3 is 28.4 Å². The summed E-state index contributed by atoms with van der Waals surface area (Å²) in [5, 5.41) is -0.189.